The lowest BCUT2D eigenvalue weighted by Gasteiger charge is -2.27. The first-order valence-corrected chi connectivity index (χ1v) is 6.51. The number of likely N-dealkylation sites (tertiary alicyclic amines) is 1. The number of nitrogens with zero attached hydrogens (tertiary/aromatic N) is 1. The van der Waals surface area contributed by atoms with E-state index in [0.29, 0.717) is 5.41 Å². The molecular weight excluding hydrogens is 184 g/mol. The van der Waals surface area contributed by atoms with E-state index in [4.69, 9.17) is 0 Å². The van der Waals surface area contributed by atoms with Crippen molar-refractivity contribution in [1.82, 2.24) is 10.2 Å². The molecule has 0 amide bonds. The van der Waals surface area contributed by atoms with Gasteiger partial charge in [-0.2, -0.15) is 0 Å². The van der Waals surface area contributed by atoms with Crippen molar-refractivity contribution in [3.63, 3.8) is 0 Å². The Hall–Kier alpha value is -0.0800. The summed E-state index contributed by atoms with van der Waals surface area (Å²) in [6, 6.07) is 0.781. The quantitative estimate of drug-likeness (QED) is 0.751. The van der Waals surface area contributed by atoms with Crippen molar-refractivity contribution in [2.75, 3.05) is 26.2 Å². The SMILES string of the molecule is CC(C)(C)C1CCN(C[C@H]2CCCN2)C1. The molecule has 2 nitrogen and oxygen atoms in total. The Morgan fingerprint density at radius 1 is 1.27 bits per heavy atom. The zero-order valence-electron chi connectivity index (χ0n) is 10.6. The van der Waals surface area contributed by atoms with Crippen molar-refractivity contribution in [3.05, 3.63) is 0 Å². The van der Waals surface area contributed by atoms with Crippen molar-refractivity contribution in [3.8, 4) is 0 Å². The van der Waals surface area contributed by atoms with Crippen LogP contribution in [0.25, 0.3) is 0 Å². The zero-order chi connectivity index (χ0) is 10.9. The summed E-state index contributed by atoms with van der Waals surface area (Å²) in [5.74, 6) is 0.902. The summed E-state index contributed by atoms with van der Waals surface area (Å²) in [7, 11) is 0. The van der Waals surface area contributed by atoms with Gasteiger partial charge in [0.05, 0.1) is 0 Å². The van der Waals surface area contributed by atoms with Crippen LogP contribution in [-0.4, -0.2) is 37.1 Å². The lowest BCUT2D eigenvalue weighted by Crippen LogP contribution is -2.37. The van der Waals surface area contributed by atoms with E-state index in [0.717, 1.165) is 12.0 Å². The van der Waals surface area contributed by atoms with Gasteiger partial charge in [-0.25, -0.2) is 0 Å². The summed E-state index contributed by atoms with van der Waals surface area (Å²) in [5.41, 5.74) is 0.498. The third-order valence-electron chi connectivity index (χ3n) is 4.14. The molecule has 0 aromatic heterocycles. The third kappa shape index (κ3) is 2.94. The molecule has 1 N–H and O–H groups in total. The first-order chi connectivity index (χ1) is 7.05. The molecule has 2 rings (SSSR count). The van der Waals surface area contributed by atoms with Crippen LogP contribution in [0.4, 0.5) is 0 Å². The maximum Gasteiger partial charge on any atom is 0.0195 e. The lowest BCUT2D eigenvalue weighted by molar-refractivity contribution is 0.222. The average molecular weight is 210 g/mol. The Balaban J connectivity index is 1.77. The van der Waals surface area contributed by atoms with Gasteiger partial charge >= 0.3 is 0 Å². The average Bonchev–Trinajstić information content (AvgIpc) is 2.73. The van der Waals surface area contributed by atoms with Crippen LogP contribution in [0.15, 0.2) is 0 Å². The van der Waals surface area contributed by atoms with Gasteiger partial charge in [-0.15, -0.1) is 0 Å². The van der Waals surface area contributed by atoms with E-state index in [1.807, 2.05) is 0 Å². The van der Waals surface area contributed by atoms with Gasteiger partial charge in [0, 0.05) is 19.1 Å². The van der Waals surface area contributed by atoms with E-state index < -0.39 is 0 Å². The van der Waals surface area contributed by atoms with Gasteiger partial charge < -0.3 is 10.2 Å². The second kappa shape index (κ2) is 4.42. The highest BCUT2D eigenvalue weighted by atomic mass is 15.2. The van der Waals surface area contributed by atoms with Gasteiger partial charge in [-0.05, 0) is 43.7 Å². The molecule has 88 valence electrons. The van der Waals surface area contributed by atoms with Crippen molar-refractivity contribution >= 4 is 0 Å². The van der Waals surface area contributed by atoms with Crippen LogP contribution < -0.4 is 5.32 Å². The zero-order valence-corrected chi connectivity index (χ0v) is 10.6. The monoisotopic (exact) mass is 210 g/mol. The molecule has 2 fully saturated rings. The minimum Gasteiger partial charge on any atom is -0.313 e. The number of rotatable bonds is 2. The molecule has 0 bridgehead atoms. The molecule has 2 heterocycles. The van der Waals surface area contributed by atoms with Crippen molar-refractivity contribution in [2.45, 2.75) is 46.1 Å². The van der Waals surface area contributed by atoms with Crippen LogP contribution in [0.1, 0.15) is 40.0 Å². The van der Waals surface area contributed by atoms with Gasteiger partial charge in [-0.3, -0.25) is 0 Å². The fraction of sp³-hybridized carbons (Fsp3) is 1.00. The van der Waals surface area contributed by atoms with Crippen molar-refractivity contribution in [2.24, 2.45) is 11.3 Å². The molecule has 0 aliphatic carbocycles. The first-order valence-electron chi connectivity index (χ1n) is 6.51. The third-order valence-corrected chi connectivity index (χ3v) is 4.14. The fourth-order valence-corrected chi connectivity index (χ4v) is 2.93. The van der Waals surface area contributed by atoms with E-state index in [1.165, 1.54) is 45.4 Å². The van der Waals surface area contributed by atoms with Gasteiger partial charge in [0.1, 0.15) is 0 Å². The molecule has 1 unspecified atom stereocenters. The van der Waals surface area contributed by atoms with Crippen LogP contribution in [0, 0.1) is 11.3 Å². The van der Waals surface area contributed by atoms with Gasteiger partial charge in [0.2, 0.25) is 0 Å². The van der Waals surface area contributed by atoms with Crippen LogP contribution in [0.5, 0.6) is 0 Å². The Kier molecular flexibility index (Phi) is 3.36. The van der Waals surface area contributed by atoms with E-state index in [2.05, 4.69) is 31.0 Å². The molecule has 2 aliphatic heterocycles. The fourth-order valence-electron chi connectivity index (χ4n) is 2.93. The smallest absolute Gasteiger partial charge is 0.0195 e. The number of nitrogens with one attached hydrogen (secondary N) is 1. The van der Waals surface area contributed by atoms with Gasteiger partial charge in [0.25, 0.3) is 0 Å². The minimum atomic E-state index is 0.498. The predicted molar refractivity (Wildman–Crippen MR) is 65.0 cm³/mol. The second-order valence-electron chi connectivity index (χ2n) is 6.40. The lowest BCUT2D eigenvalue weighted by atomic mass is 9.80. The first kappa shape index (κ1) is 11.4. The molecule has 0 spiro atoms. The summed E-state index contributed by atoms with van der Waals surface area (Å²) >= 11 is 0. The molecule has 0 saturated carbocycles. The van der Waals surface area contributed by atoms with E-state index >= 15 is 0 Å². The molecule has 0 aromatic carbocycles. The van der Waals surface area contributed by atoms with Crippen molar-refractivity contribution in [1.29, 1.82) is 0 Å². The molecule has 15 heavy (non-hydrogen) atoms. The minimum absolute atomic E-state index is 0.498. The highest BCUT2D eigenvalue weighted by Crippen LogP contribution is 2.33. The Morgan fingerprint density at radius 3 is 2.60 bits per heavy atom. The van der Waals surface area contributed by atoms with Gasteiger partial charge in [0.15, 0.2) is 0 Å². The molecule has 2 aliphatic rings. The summed E-state index contributed by atoms with van der Waals surface area (Å²) < 4.78 is 0. The van der Waals surface area contributed by atoms with Crippen LogP contribution in [0.2, 0.25) is 0 Å². The summed E-state index contributed by atoms with van der Waals surface area (Å²) in [4.78, 5) is 2.67. The number of hydrogen-bond acceptors (Lipinski definition) is 2. The molecule has 2 heteroatoms. The predicted octanol–water partition coefficient (Wildman–Crippen LogP) is 2.11. The molecule has 2 atom stereocenters. The van der Waals surface area contributed by atoms with Crippen LogP contribution >= 0.6 is 0 Å². The maximum atomic E-state index is 3.60. The number of hydrogen-bond donors (Lipinski definition) is 1. The topological polar surface area (TPSA) is 15.3 Å². The summed E-state index contributed by atoms with van der Waals surface area (Å²) in [5, 5.41) is 3.60. The maximum absolute atomic E-state index is 3.60. The van der Waals surface area contributed by atoms with E-state index in [9.17, 15) is 0 Å². The highest BCUT2D eigenvalue weighted by molar-refractivity contribution is 4.87. The Bertz CT molecular complexity index is 201. The Labute approximate surface area is 94.4 Å². The molecule has 0 aromatic rings. The Morgan fingerprint density at radius 2 is 2.07 bits per heavy atom. The van der Waals surface area contributed by atoms with Gasteiger partial charge in [-0.1, -0.05) is 20.8 Å². The van der Waals surface area contributed by atoms with Crippen molar-refractivity contribution < 1.29 is 0 Å². The van der Waals surface area contributed by atoms with Crippen LogP contribution in [0.3, 0.4) is 0 Å². The highest BCUT2D eigenvalue weighted by Gasteiger charge is 2.32. The molecule has 0 radical (unpaired) electrons. The molecule has 2 saturated heterocycles. The largest absolute Gasteiger partial charge is 0.313 e. The normalized spacial score (nSPS) is 33.8. The second-order valence-corrected chi connectivity index (χ2v) is 6.40. The van der Waals surface area contributed by atoms with E-state index in [-0.39, 0.29) is 0 Å². The summed E-state index contributed by atoms with van der Waals surface area (Å²) in [6.07, 6.45) is 4.16. The molecular formula is C13H26N2. The summed E-state index contributed by atoms with van der Waals surface area (Å²) in [6.45, 7) is 12.3. The van der Waals surface area contributed by atoms with E-state index in [1.54, 1.807) is 0 Å². The standard InChI is InChI=1S/C13H26N2/c1-13(2,3)11-6-8-15(9-11)10-12-5-4-7-14-12/h11-12,14H,4-10H2,1-3H3/t11?,12-/m1/s1. The van der Waals surface area contributed by atoms with Crippen LogP contribution in [-0.2, 0) is 0 Å².